The van der Waals surface area contributed by atoms with Gasteiger partial charge in [0.05, 0.1) is 20.1 Å². The summed E-state index contributed by atoms with van der Waals surface area (Å²) >= 11 is 0. The van der Waals surface area contributed by atoms with Gasteiger partial charge < -0.3 is 19.3 Å². The number of likely N-dealkylation sites (tertiary alicyclic amines) is 2. The highest BCUT2D eigenvalue weighted by molar-refractivity contribution is 5.80. The maximum Gasteiger partial charge on any atom is 0.409 e. The number of nitrogens with zero attached hydrogens (tertiary/aromatic N) is 2. The molecule has 2 aliphatic rings. The van der Waals surface area contributed by atoms with Crippen LogP contribution < -0.4 is 0 Å². The molecule has 0 N–H and O–H groups in total. The number of esters is 1. The number of carbonyl (C=O) groups excluding carboxylic acids is 3. The van der Waals surface area contributed by atoms with Crippen molar-refractivity contribution in [2.45, 2.75) is 25.7 Å². The maximum absolute atomic E-state index is 12.5. The van der Waals surface area contributed by atoms with Crippen LogP contribution in [0, 0.1) is 11.8 Å². The molecule has 0 saturated carbocycles. The summed E-state index contributed by atoms with van der Waals surface area (Å²) in [4.78, 5) is 38.9. The van der Waals surface area contributed by atoms with Crippen molar-refractivity contribution in [1.29, 1.82) is 0 Å². The Morgan fingerprint density at radius 3 is 1.77 bits per heavy atom. The lowest BCUT2D eigenvalue weighted by Gasteiger charge is -2.36. The predicted octanol–water partition coefficient (Wildman–Crippen LogP) is 0.876. The Bertz CT molecular complexity index is 386. The molecular weight excluding hydrogens is 288 g/mol. The molecule has 22 heavy (non-hydrogen) atoms. The molecule has 0 aromatic heterocycles. The van der Waals surface area contributed by atoms with Gasteiger partial charge in [-0.15, -0.1) is 0 Å². The maximum atomic E-state index is 12.5. The molecule has 124 valence electrons. The first-order chi connectivity index (χ1) is 10.6. The average molecular weight is 312 g/mol. The fraction of sp³-hybridized carbons (Fsp3) is 0.800. The van der Waals surface area contributed by atoms with Gasteiger partial charge >= 0.3 is 12.1 Å². The van der Waals surface area contributed by atoms with E-state index in [0.29, 0.717) is 51.9 Å². The van der Waals surface area contributed by atoms with Crippen LogP contribution in [0.4, 0.5) is 4.79 Å². The zero-order valence-electron chi connectivity index (χ0n) is 13.2. The third-order valence-electron chi connectivity index (χ3n) is 4.62. The topological polar surface area (TPSA) is 76.2 Å². The van der Waals surface area contributed by atoms with Crippen LogP contribution in [0.5, 0.6) is 0 Å². The quantitative estimate of drug-likeness (QED) is 0.707. The molecule has 0 aromatic carbocycles. The molecule has 0 atom stereocenters. The fourth-order valence-electron chi connectivity index (χ4n) is 3.20. The molecule has 2 fully saturated rings. The molecular formula is C15H24N2O5. The summed E-state index contributed by atoms with van der Waals surface area (Å²) in [7, 11) is 2.76. The fourth-order valence-corrected chi connectivity index (χ4v) is 3.20. The van der Waals surface area contributed by atoms with Crippen LogP contribution >= 0.6 is 0 Å². The molecule has 2 heterocycles. The number of amides is 2. The molecule has 7 heteroatoms. The SMILES string of the molecule is COC(=O)C1CCN(C(=O)C2CCN(C(=O)OC)CC2)CC1. The minimum atomic E-state index is -0.329. The highest BCUT2D eigenvalue weighted by atomic mass is 16.5. The first kappa shape index (κ1) is 16.6. The highest BCUT2D eigenvalue weighted by Crippen LogP contribution is 2.24. The summed E-state index contributed by atoms with van der Waals surface area (Å²) in [6, 6.07) is 0. The average Bonchev–Trinajstić information content (AvgIpc) is 2.60. The summed E-state index contributed by atoms with van der Waals surface area (Å²) in [5.41, 5.74) is 0. The second kappa shape index (κ2) is 7.47. The van der Waals surface area contributed by atoms with Gasteiger partial charge in [0, 0.05) is 32.1 Å². The molecule has 0 radical (unpaired) electrons. The van der Waals surface area contributed by atoms with E-state index in [0.717, 1.165) is 0 Å². The van der Waals surface area contributed by atoms with Crippen molar-refractivity contribution in [3.05, 3.63) is 0 Å². The number of rotatable bonds is 2. The molecule has 7 nitrogen and oxygen atoms in total. The summed E-state index contributed by atoms with van der Waals surface area (Å²) in [6.45, 7) is 2.33. The van der Waals surface area contributed by atoms with Crippen molar-refractivity contribution < 1.29 is 23.9 Å². The lowest BCUT2D eigenvalue weighted by Crippen LogP contribution is -2.47. The monoisotopic (exact) mass is 312 g/mol. The molecule has 2 rings (SSSR count). The van der Waals surface area contributed by atoms with Gasteiger partial charge in [0.15, 0.2) is 0 Å². The van der Waals surface area contributed by atoms with Crippen LogP contribution in [0.3, 0.4) is 0 Å². The van der Waals surface area contributed by atoms with E-state index in [9.17, 15) is 14.4 Å². The standard InChI is InChI=1S/C15H24N2O5/c1-21-14(19)12-5-7-16(8-6-12)13(18)11-3-9-17(10-4-11)15(20)22-2/h11-12H,3-10H2,1-2H3. The van der Waals surface area contributed by atoms with E-state index in [4.69, 9.17) is 9.47 Å². The van der Waals surface area contributed by atoms with Crippen LogP contribution in [0.25, 0.3) is 0 Å². The second-order valence-corrected chi connectivity index (χ2v) is 5.85. The number of hydrogen-bond donors (Lipinski definition) is 0. The Morgan fingerprint density at radius 2 is 1.27 bits per heavy atom. The molecule has 0 spiro atoms. The van der Waals surface area contributed by atoms with E-state index in [1.54, 1.807) is 4.90 Å². The Morgan fingerprint density at radius 1 is 0.773 bits per heavy atom. The van der Waals surface area contributed by atoms with E-state index in [1.165, 1.54) is 14.2 Å². The lowest BCUT2D eigenvalue weighted by molar-refractivity contribution is -0.149. The summed E-state index contributed by atoms with van der Waals surface area (Å²) in [5, 5.41) is 0. The summed E-state index contributed by atoms with van der Waals surface area (Å²) in [5.74, 6) is -0.155. The smallest absolute Gasteiger partial charge is 0.409 e. The van der Waals surface area contributed by atoms with E-state index >= 15 is 0 Å². The molecule has 0 bridgehead atoms. The molecule has 0 aromatic rings. The zero-order chi connectivity index (χ0) is 16.1. The van der Waals surface area contributed by atoms with E-state index in [1.807, 2.05) is 4.90 Å². The van der Waals surface area contributed by atoms with Crippen molar-refractivity contribution in [3.8, 4) is 0 Å². The lowest BCUT2D eigenvalue weighted by atomic mass is 9.92. The first-order valence-corrected chi connectivity index (χ1v) is 7.76. The molecule has 0 unspecified atom stereocenters. The van der Waals surface area contributed by atoms with Gasteiger partial charge in [0.2, 0.25) is 5.91 Å². The predicted molar refractivity (Wildman–Crippen MR) is 78.0 cm³/mol. The van der Waals surface area contributed by atoms with Crippen molar-refractivity contribution in [2.24, 2.45) is 11.8 Å². The third-order valence-corrected chi connectivity index (χ3v) is 4.62. The van der Waals surface area contributed by atoms with E-state index in [-0.39, 0.29) is 29.8 Å². The third kappa shape index (κ3) is 3.69. The van der Waals surface area contributed by atoms with Gasteiger partial charge in [-0.2, -0.15) is 0 Å². The van der Waals surface area contributed by atoms with Crippen LogP contribution in [0.2, 0.25) is 0 Å². The highest BCUT2D eigenvalue weighted by Gasteiger charge is 2.33. The number of ether oxygens (including phenoxy) is 2. The second-order valence-electron chi connectivity index (χ2n) is 5.85. The molecule has 2 amide bonds. The van der Waals surface area contributed by atoms with Crippen molar-refractivity contribution in [3.63, 3.8) is 0 Å². The number of carbonyl (C=O) groups is 3. The summed E-state index contributed by atoms with van der Waals surface area (Å²) < 4.78 is 9.45. The van der Waals surface area contributed by atoms with Crippen LogP contribution in [0.15, 0.2) is 0 Å². The van der Waals surface area contributed by atoms with Gasteiger partial charge in [-0.25, -0.2) is 4.79 Å². The summed E-state index contributed by atoms with van der Waals surface area (Å²) in [6.07, 6.45) is 2.35. The van der Waals surface area contributed by atoms with Gasteiger partial charge in [-0.1, -0.05) is 0 Å². The number of piperidine rings is 2. The van der Waals surface area contributed by atoms with Gasteiger partial charge in [0.25, 0.3) is 0 Å². The van der Waals surface area contributed by atoms with Crippen molar-refractivity contribution in [1.82, 2.24) is 9.80 Å². The van der Waals surface area contributed by atoms with Crippen molar-refractivity contribution >= 4 is 18.0 Å². The number of methoxy groups -OCH3 is 2. The van der Waals surface area contributed by atoms with E-state index in [2.05, 4.69) is 0 Å². The van der Waals surface area contributed by atoms with Crippen LogP contribution in [-0.4, -0.2) is 68.2 Å². The van der Waals surface area contributed by atoms with Gasteiger partial charge in [-0.05, 0) is 25.7 Å². The van der Waals surface area contributed by atoms with Gasteiger partial charge in [-0.3, -0.25) is 9.59 Å². The van der Waals surface area contributed by atoms with Crippen LogP contribution in [-0.2, 0) is 19.1 Å². The minimum Gasteiger partial charge on any atom is -0.469 e. The van der Waals surface area contributed by atoms with E-state index < -0.39 is 0 Å². The van der Waals surface area contributed by atoms with Crippen molar-refractivity contribution in [2.75, 3.05) is 40.4 Å². The Balaban J connectivity index is 1.79. The Kier molecular flexibility index (Phi) is 5.63. The zero-order valence-corrected chi connectivity index (χ0v) is 13.2. The van der Waals surface area contributed by atoms with Crippen LogP contribution in [0.1, 0.15) is 25.7 Å². The Hall–Kier alpha value is -1.79. The molecule has 2 aliphatic heterocycles. The first-order valence-electron chi connectivity index (χ1n) is 7.76. The Labute approximate surface area is 130 Å². The molecule has 2 saturated heterocycles. The molecule has 0 aliphatic carbocycles. The largest absolute Gasteiger partial charge is 0.469 e. The minimum absolute atomic E-state index is 0.0319. The normalized spacial score (nSPS) is 20.6. The number of hydrogen-bond acceptors (Lipinski definition) is 5. The van der Waals surface area contributed by atoms with Gasteiger partial charge in [0.1, 0.15) is 0 Å².